The van der Waals surface area contributed by atoms with Crippen LogP contribution in [0.4, 0.5) is 0 Å². The van der Waals surface area contributed by atoms with Gasteiger partial charge in [-0.2, -0.15) is 0 Å². The Hall–Kier alpha value is -2.27. The molecule has 0 bridgehead atoms. The second-order valence-electron chi connectivity index (χ2n) is 8.44. The third-order valence-electron chi connectivity index (χ3n) is 5.82. The molecule has 0 saturated carbocycles. The molecular formula is C24H24BClO3. The van der Waals surface area contributed by atoms with Crippen LogP contribution < -0.4 is 5.46 Å². The lowest BCUT2D eigenvalue weighted by molar-refractivity contribution is -0.0893. The maximum atomic E-state index is 10.4. The molecule has 0 aliphatic heterocycles. The van der Waals surface area contributed by atoms with Crippen LogP contribution in [-0.2, 0) is 4.65 Å². The summed E-state index contributed by atoms with van der Waals surface area (Å²) in [7, 11) is 0.323. The maximum absolute atomic E-state index is 10.4. The Morgan fingerprint density at radius 2 is 1.62 bits per heavy atom. The number of aliphatic hydroxyl groups is 1. The fourth-order valence-electron chi connectivity index (χ4n) is 3.34. The predicted molar refractivity (Wildman–Crippen MR) is 122 cm³/mol. The summed E-state index contributed by atoms with van der Waals surface area (Å²) >= 11 is 6.30. The fraction of sp³-hybridized carbons (Fsp3) is 0.250. The second-order valence-corrected chi connectivity index (χ2v) is 8.88. The number of halogens is 1. The van der Waals surface area contributed by atoms with E-state index in [1.807, 2.05) is 56.3 Å². The molecule has 0 amide bonds. The van der Waals surface area contributed by atoms with Gasteiger partial charge in [0.15, 0.2) is 0 Å². The minimum atomic E-state index is -0.982. The topological polar surface area (TPSA) is 42.6 Å². The first-order valence-electron chi connectivity index (χ1n) is 9.73. The van der Waals surface area contributed by atoms with Crippen LogP contribution in [0.5, 0.6) is 0 Å². The Kier molecular flexibility index (Phi) is 4.98. The molecule has 1 aromatic heterocycles. The van der Waals surface area contributed by atoms with Gasteiger partial charge in [-0.25, -0.2) is 0 Å². The van der Waals surface area contributed by atoms with E-state index in [-0.39, 0.29) is 0 Å². The maximum Gasteiger partial charge on any atom is 0.310 e. The molecule has 1 N–H and O–H groups in total. The lowest BCUT2D eigenvalue weighted by Crippen LogP contribution is -2.49. The molecule has 0 aliphatic carbocycles. The molecule has 1 heterocycles. The molecule has 4 rings (SSSR count). The highest BCUT2D eigenvalue weighted by Crippen LogP contribution is 2.35. The molecule has 5 heteroatoms. The van der Waals surface area contributed by atoms with Crippen LogP contribution in [0.2, 0.25) is 5.02 Å². The van der Waals surface area contributed by atoms with Crippen molar-refractivity contribution in [2.24, 2.45) is 0 Å². The Balaban J connectivity index is 1.82. The Bertz CT molecular complexity index is 1190. The van der Waals surface area contributed by atoms with Crippen LogP contribution in [0.15, 0.2) is 65.1 Å². The molecular weight excluding hydrogens is 383 g/mol. The van der Waals surface area contributed by atoms with Gasteiger partial charge >= 0.3 is 7.48 Å². The normalized spacial score (nSPS) is 12.6. The van der Waals surface area contributed by atoms with Crippen LogP contribution in [0, 0.1) is 0 Å². The molecule has 0 atom stereocenters. The van der Waals surface area contributed by atoms with Gasteiger partial charge in [0, 0.05) is 21.4 Å². The van der Waals surface area contributed by atoms with E-state index in [2.05, 4.69) is 18.2 Å². The van der Waals surface area contributed by atoms with Crippen molar-refractivity contribution in [1.29, 1.82) is 0 Å². The molecule has 3 aromatic carbocycles. The zero-order valence-electron chi connectivity index (χ0n) is 17.1. The first-order chi connectivity index (χ1) is 13.7. The first-order valence-corrected chi connectivity index (χ1v) is 10.1. The van der Waals surface area contributed by atoms with Gasteiger partial charge in [-0.15, -0.1) is 0 Å². The van der Waals surface area contributed by atoms with Gasteiger partial charge < -0.3 is 14.2 Å². The Labute approximate surface area is 176 Å². The number of para-hydroxylation sites is 2. The predicted octanol–water partition coefficient (Wildman–Crippen LogP) is 5.45. The zero-order valence-corrected chi connectivity index (χ0v) is 17.9. The van der Waals surface area contributed by atoms with Gasteiger partial charge in [0.05, 0.1) is 11.2 Å². The van der Waals surface area contributed by atoms with Gasteiger partial charge in [-0.1, -0.05) is 54.1 Å². The largest absolute Gasteiger partial charge is 0.455 e. The van der Waals surface area contributed by atoms with E-state index in [4.69, 9.17) is 20.7 Å². The minimum absolute atomic E-state index is 0.323. The van der Waals surface area contributed by atoms with E-state index < -0.39 is 11.2 Å². The highest BCUT2D eigenvalue weighted by Gasteiger charge is 2.36. The minimum Gasteiger partial charge on any atom is -0.455 e. The molecule has 0 spiro atoms. The fourth-order valence-corrected chi connectivity index (χ4v) is 3.53. The second kappa shape index (κ2) is 7.21. The monoisotopic (exact) mass is 406 g/mol. The smallest absolute Gasteiger partial charge is 0.310 e. The molecule has 0 saturated heterocycles. The van der Waals surface area contributed by atoms with E-state index in [0.717, 1.165) is 38.5 Å². The third-order valence-corrected chi connectivity index (χ3v) is 6.06. The number of hydrogen-bond acceptors (Lipinski definition) is 3. The van der Waals surface area contributed by atoms with E-state index in [9.17, 15) is 5.11 Å². The van der Waals surface area contributed by atoms with Crippen LogP contribution in [0.25, 0.3) is 33.1 Å². The average Bonchev–Trinajstić information content (AvgIpc) is 3.05. The molecule has 148 valence electrons. The number of hydrogen-bond donors (Lipinski definition) is 1. The van der Waals surface area contributed by atoms with Crippen molar-refractivity contribution in [3.63, 3.8) is 0 Å². The molecule has 0 unspecified atom stereocenters. The molecule has 29 heavy (non-hydrogen) atoms. The van der Waals surface area contributed by atoms with Gasteiger partial charge in [-0.3, -0.25) is 0 Å². The average molecular weight is 407 g/mol. The number of benzene rings is 3. The van der Waals surface area contributed by atoms with Crippen molar-refractivity contribution in [2.45, 2.75) is 38.9 Å². The van der Waals surface area contributed by atoms with E-state index in [1.54, 1.807) is 13.8 Å². The molecule has 4 aromatic rings. The summed E-state index contributed by atoms with van der Waals surface area (Å²) in [6.07, 6.45) is 0. The number of furan rings is 1. The van der Waals surface area contributed by atoms with Gasteiger partial charge in [0.2, 0.25) is 0 Å². The summed E-state index contributed by atoms with van der Waals surface area (Å²) in [6.45, 7) is 7.27. The van der Waals surface area contributed by atoms with Crippen molar-refractivity contribution >= 4 is 46.5 Å². The van der Waals surface area contributed by atoms with E-state index >= 15 is 0 Å². The van der Waals surface area contributed by atoms with E-state index in [0.29, 0.717) is 12.5 Å². The lowest BCUT2D eigenvalue weighted by Gasteiger charge is -2.37. The van der Waals surface area contributed by atoms with Gasteiger partial charge in [0.25, 0.3) is 0 Å². The van der Waals surface area contributed by atoms with Crippen molar-refractivity contribution in [3.8, 4) is 11.1 Å². The summed E-state index contributed by atoms with van der Waals surface area (Å²) in [5.41, 5.74) is 2.95. The van der Waals surface area contributed by atoms with Crippen molar-refractivity contribution < 1.29 is 14.2 Å². The zero-order chi connectivity index (χ0) is 20.8. The summed E-state index contributed by atoms with van der Waals surface area (Å²) in [4.78, 5) is 0. The van der Waals surface area contributed by atoms with Crippen molar-refractivity contribution in [2.75, 3.05) is 0 Å². The first kappa shape index (κ1) is 20.0. The van der Waals surface area contributed by atoms with Gasteiger partial charge in [0.1, 0.15) is 11.2 Å². The third kappa shape index (κ3) is 3.68. The summed E-state index contributed by atoms with van der Waals surface area (Å²) in [6, 6.07) is 20.0. The van der Waals surface area contributed by atoms with E-state index in [1.165, 1.54) is 0 Å². The SMILES string of the molecule is CC(C)(O)C(C)(C)OBc1cc(Cl)ccc1-c1cccc2c1oc1ccccc12. The molecule has 3 nitrogen and oxygen atoms in total. The quantitative estimate of drug-likeness (QED) is 0.448. The van der Waals surface area contributed by atoms with Crippen LogP contribution >= 0.6 is 11.6 Å². The molecule has 0 radical (unpaired) electrons. The van der Waals surface area contributed by atoms with Gasteiger partial charge in [-0.05, 0) is 56.9 Å². The summed E-state index contributed by atoms with van der Waals surface area (Å²) in [5.74, 6) is 0. The van der Waals surface area contributed by atoms with Crippen LogP contribution in [-0.4, -0.2) is 23.8 Å². The summed E-state index contributed by atoms with van der Waals surface area (Å²) in [5, 5.41) is 13.2. The Morgan fingerprint density at radius 1 is 0.897 bits per heavy atom. The van der Waals surface area contributed by atoms with Crippen LogP contribution in [0.3, 0.4) is 0 Å². The summed E-state index contributed by atoms with van der Waals surface area (Å²) < 4.78 is 12.3. The number of fused-ring (bicyclic) bond motifs is 3. The molecule has 0 fully saturated rings. The standard InChI is InChI=1S/C24H24BClO3/c1-23(2,27)24(3,4)29-25-20-14-15(26)12-13-16(20)18-9-7-10-19-17-8-5-6-11-21(17)28-22(18)19/h5-14,25,27H,1-4H3. The van der Waals surface area contributed by atoms with Crippen LogP contribution in [0.1, 0.15) is 27.7 Å². The highest BCUT2D eigenvalue weighted by atomic mass is 35.5. The molecule has 0 aliphatic rings. The highest BCUT2D eigenvalue weighted by molar-refractivity contribution is 6.50. The Morgan fingerprint density at radius 3 is 2.38 bits per heavy atom. The van der Waals surface area contributed by atoms with Crippen molar-refractivity contribution in [3.05, 3.63) is 65.7 Å². The lowest BCUT2D eigenvalue weighted by atomic mass is 9.78. The van der Waals surface area contributed by atoms with Crippen molar-refractivity contribution in [1.82, 2.24) is 0 Å². The number of rotatable bonds is 5.